The zero-order valence-electron chi connectivity index (χ0n) is 17.4. The summed E-state index contributed by atoms with van der Waals surface area (Å²) in [6.07, 6.45) is 1.90. The highest BCUT2D eigenvalue weighted by Crippen LogP contribution is 2.41. The van der Waals surface area contributed by atoms with E-state index in [4.69, 9.17) is 21.1 Å². The number of nitrogens with zero attached hydrogens (tertiary/aromatic N) is 2. The number of amides is 1. The number of piperidine rings is 1. The van der Waals surface area contributed by atoms with Crippen molar-refractivity contribution in [3.8, 4) is 11.8 Å². The number of carboxylic acids is 1. The van der Waals surface area contributed by atoms with Crippen LogP contribution in [0.1, 0.15) is 52.0 Å². The topological polar surface area (TPSA) is 99.9 Å². The molecule has 0 spiro atoms. The monoisotopic (exact) mass is 434 g/mol. The first-order valence-electron chi connectivity index (χ1n) is 10.2. The molecule has 1 aliphatic heterocycles. The zero-order chi connectivity index (χ0) is 22.1. The highest BCUT2D eigenvalue weighted by atomic mass is 35.5. The number of nitriles is 1. The van der Waals surface area contributed by atoms with Gasteiger partial charge in [0.25, 0.3) is 0 Å². The molecule has 2 fully saturated rings. The molecule has 0 radical (unpaired) electrons. The molecular formula is C22H27ClN2O5. The highest BCUT2D eigenvalue weighted by molar-refractivity contribution is 6.31. The van der Waals surface area contributed by atoms with E-state index in [9.17, 15) is 20.0 Å². The molecule has 1 aromatic rings. The SMILES string of the molecule is CC(C)(C)OC(=O)N1C[C@@H]2CC[C@H](Oc3cccc(Cl)c3C#N)C[C@@H]2C[C@H]1C(=O)O. The zero-order valence-corrected chi connectivity index (χ0v) is 18.2. The predicted octanol–water partition coefficient (Wildman–Crippen LogP) is 4.47. The van der Waals surface area contributed by atoms with E-state index < -0.39 is 23.7 Å². The van der Waals surface area contributed by atoms with Crippen LogP contribution in [0.2, 0.25) is 5.02 Å². The first kappa shape index (κ1) is 22.2. The van der Waals surface area contributed by atoms with E-state index in [2.05, 4.69) is 6.07 Å². The molecule has 1 saturated carbocycles. The summed E-state index contributed by atoms with van der Waals surface area (Å²) in [5, 5.41) is 19.4. The van der Waals surface area contributed by atoms with Crippen LogP contribution in [0.4, 0.5) is 4.79 Å². The van der Waals surface area contributed by atoms with Crippen molar-refractivity contribution in [1.82, 2.24) is 4.90 Å². The van der Waals surface area contributed by atoms with Gasteiger partial charge >= 0.3 is 12.1 Å². The lowest BCUT2D eigenvalue weighted by Gasteiger charge is -2.46. The molecule has 7 nitrogen and oxygen atoms in total. The molecular weight excluding hydrogens is 408 g/mol. The van der Waals surface area contributed by atoms with Crippen molar-refractivity contribution in [2.75, 3.05) is 6.54 Å². The third kappa shape index (κ3) is 4.99. The Morgan fingerprint density at radius 2 is 1.97 bits per heavy atom. The van der Waals surface area contributed by atoms with E-state index in [0.717, 1.165) is 12.8 Å². The molecule has 30 heavy (non-hydrogen) atoms. The Morgan fingerprint density at radius 1 is 1.23 bits per heavy atom. The number of hydrogen-bond donors (Lipinski definition) is 1. The summed E-state index contributed by atoms with van der Waals surface area (Å²) in [5.41, 5.74) is -0.373. The van der Waals surface area contributed by atoms with Crippen LogP contribution in [0.15, 0.2) is 18.2 Å². The number of aliphatic carboxylic acids is 1. The second-order valence-corrected chi connectivity index (χ2v) is 9.43. The molecule has 162 valence electrons. The summed E-state index contributed by atoms with van der Waals surface area (Å²) in [5.74, 6) is -0.255. The van der Waals surface area contributed by atoms with Crippen LogP contribution in [0, 0.1) is 23.2 Å². The molecule has 1 saturated heterocycles. The Bertz CT molecular complexity index is 860. The van der Waals surface area contributed by atoms with E-state index in [1.807, 2.05) is 0 Å². The quantitative estimate of drug-likeness (QED) is 0.753. The van der Waals surface area contributed by atoms with Crippen molar-refractivity contribution in [1.29, 1.82) is 5.26 Å². The minimum absolute atomic E-state index is 0.119. The smallest absolute Gasteiger partial charge is 0.411 e. The first-order chi connectivity index (χ1) is 14.1. The number of benzene rings is 1. The van der Waals surface area contributed by atoms with Crippen LogP contribution in [0.25, 0.3) is 0 Å². The third-order valence-corrected chi connectivity index (χ3v) is 6.03. The maximum absolute atomic E-state index is 12.6. The lowest BCUT2D eigenvalue weighted by Crippen LogP contribution is -2.56. The highest BCUT2D eigenvalue weighted by Gasteiger charge is 2.45. The molecule has 1 aliphatic carbocycles. The summed E-state index contributed by atoms with van der Waals surface area (Å²) in [6.45, 7) is 5.66. The van der Waals surface area contributed by atoms with Crippen LogP contribution >= 0.6 is 11.6 Å². The molecule has 0 unspecified atom stereocenters. The van der Waals surface area contributed by atoms with Gasteiger partial charge in [0.2, 0.25) is 0 Å². The van der Waals surface area contributed by atoms with Crippen LogP contribution in [0.3, 0.4) is 0 Å². The number of likely N-dealkylation sites (tertiary alicyclic amines) is 1. The molecule has 1 heterocycles. The van der Waals surface area contributed by atoms with Gasteiger partial charge in [-0.2, -0.15) is 5.26 Å². The van der Waals surface area contributed by atoms with Gasteiger partial charge in [-0.3, -0.25) is 4.90 Å². The van der Waals surface area contributed by atoms with Crippen molar-refractivity contribution in [2.45, 2.75) is 64.2 Å². The number of rotatable bonds is 3. The van der Waals surface area contributed by atoms with E-state index in [-0.39, 0.29) is 17.9 Å². The number of ether oxygens (including phenoxy) is 2. The molecule has 1 N–H and O–H groups in total. The van der Waals surface area contributed by atoms with Gasteiger partial charge in [0.15, 0.2) is 0 Å². The Morgan fingerprint density at radius 3 is 2.60 bits per heavy atom. The van der Waals surface area contributed by atoms with Gasteiger partial charge in [0.1, 0.15) is 29.0 Å². The van der Waals surface area contributed by atoms with Crippen LogP contribution in [-0.2, 0) is 9.53 Å². The Balaban J connectivity index is 1.70. The van der Waals surface area contributed by atoms with Crippen LogP contribution < -0.4 is 4.74 Å². The lowest BCUT2D eigenvalue weighted by atomic mass is 9.72. The fraction of sp³-hybridized carbons (Fsp3) is 0.591. The molecule has 1 aromatic carbocycles. The summed E-state index contributed by atoms with van der Waals surface area (Å²) in [4.78, 5) is 25.8. The summed E-state index contributed by atoms with van der Waals surface area (Å²) in [6, 6.07) is 6.27. The number of fused-ring (bicyclic) bond motifs is 1. The van der Waals surface area contributed by atoms with Gasteiger partial charge in [-0.25, -0.2) is 9.59 Å². The standard InChI is InChI=1S/C22H27ClN2O5/c1-22(2,3)30-21(28)25-12-13-7-8-15(9-14(13)10-18(25)20(26)27)29-19-6-4-5-17(23)16(19)11-24/h4-6,13-15,18H,7-10,12H2,1-3H3,(H,26,27)/t13-,14+,15-,18-/m0/s1. The Labute approximate surface area is 181 Å². The van der Waals surface area contributed by atoms with Gasteiger partial charge in [0, 0.05) is 6.54 Å². The minimum atomic E-state index is -1.02. The number of halogens is 1. The van der Waals surface area contributed by atoms with Gasteiger partial charge < -0.3 is 14.6 Å². The average Bonchev–Trinajstić information content (AvgIpc) is 2.65. The maximum atomic E-state index is 12.6. The van der Waals surface area contributed by atoms with E-state index in [1.54, 1.807) is 39.0 Å². The van der Waals surface area contributed by atoms with Crippen LogP contribution in [0.5, 0.6) is 5.75 Å². The Hall–Kier alpha value is -2.46. The van der Waals surface area contributed by atoms with Crippen molar-refractivity contribution in [3.05, 3.63) is 28.8 Å². The van der Waals surface area contributed by atoms with Crippen molar-refractivity contribution >= 4 is 23.7 Å². The predicted molar refractivity (Wildman–Crippen MR) is 110 cm³/mol. The molecule has 2 aliphatic rings. The average molecular weight is 435 g/mol. The molecule has 1 amide bonds. The van der Waals surface area contributed by atoms with Gasteiger partial charge in [-0.15, -0.1) is 0 Å². The fourth-order valence-electron chi connectivity index (χ4n) is 4.36. The number of carboxylic acid groups (broad SMARTS) is 1. The van der Waals surface area contributed by atoms with E-state index in [0.29, 0.717) is 35.7 Å². The Kier molecular flexibility index (Phi) is 6.47. The number of carbonyl (C=O) groups excluding carboxylic acids is 1. The molecule has 4 atom stereocenters. The second kappa shape index (κ2) is 8.73. The van der Waals surface area contributed by atoms with Gasteiger partial charge in [-0.05, 0) is 70.4 Å². The molecule has 8 heteroatoms. The van der Waals surface area contributed by atoms with Crippen LogP contribution in [-0.4, -0.2) is 46.4 Å². The largest absolute Gasteiger partial charge is 0.489 e. The normalized spacial score (nSPS) is 26.3. The lowest BCUT2D eigenvalue weighted by molar-refractivity contribution is -0.147. The molecule has 3 rings (SSSR count). The summed E-state index contributed by atoms with van der Waals surface area (Å²) >= 11 is 6.09. The summed E-state index contributed by atoms with van der Waals surface area (Å²) in [7, 11) is 0. The third-order valence-electron chi connectivity index (χ3n) is 5.72. The molecule has 0 aromatic heterocycles. The first-order valence-corrected chi connectivity index (χ1v) is 10.5. The van der Waals surface area contributed by atoms with E-state index in [1.165, 1.54) is 4.90 Å². The molecule has 0 bridgehead atoms. The van der Waals surface area contributed by atoms with E-state index >= 15 is 0 Å². The fourth-order valence-corrected chi connectivity index (χ4v) is 4.57. The van der Waals surface area contributed by atoms with Crippen molar-refractivity contribution in [3.63, 3.8) is 0 Å². The van der Waals surface area contributed by atoms with Crippen molar-refractivity contribution < 1.29 is 24.2 Å². The minimum Gasteiger partial charge on any atom is -0.489 e. The second-order valence-electron chi connectivity index (χ2n) is 9.02. The number of carbonyl (C=O) groups is 2. The van der Waals surface area contributed by atoms with Gasteiger partial charge in [-0.1, -0.05) is 17.7 Å². The summed E-state index contributed by atoms with van der Waals surface area (Å²) < 4.78 is 11.5. The maximum Gasteiger partial charge on any atom is 0.411 e. The van der Waals surface area contributed by atoms with Crippen molar-refractivity contribution in [2.24, 2.45) is 11.8 Å². The number of hydrogen-bond acceptors (Lipinski definition) is 5. The van der Waals surface area contributed by atoms with Gasteiger partial charge in [0.05, 0.1) is 11.1 Å².